The Balaban J connectivity index is 1.39. The first-order valence-corrected chi connectivity index (χ1v) is 10.0. The predicted octanol–water partition coefficient (Wildman–Crippen LogP) is 3.64. The van der Waals surface area contributed by atoms with Gasteiger partial charge < -0.3 is 19.8 Å². The van der Waals surface area contributed by atoms with Crippen LogP contribution in [0.2, 0.25) is 0 Å². The number of fused-ring (bicyclic) bond motifs is 2. The van der Waals surface area contributed by atoms with Gasteiger partial charge in [0.1, 0.15) is 5.65 Å². The number of rotatable bonds is 6. The van der Waals surface area contributed by atoms with Crippen molar-refractivity contribution in [1.82, 2.24) is 29.5 Å². The third-order valence-electron chi connectivity index (χ3n) is 5.53. The summed E-state index contributed by atoms with van der Waals surface area (Å²) < 4.78 is 36.7. The number of aromatic amines is 1. The maximum Gasteiger partial charge on any atom is 0.345 e. The smallest absolute Gasteiger partial charge is 0.345 e. The molecule has 0 aliphatic heterocycles. The van der Waals surface area contributed by atoms with Crippen LogP contribution in [0.4, 0.5) is 14.7 Å². The van der Waals surface area contributed by atoms with E-state index in [1.54, 1.807) is 17.8 Å². The lowest BCUT2D eigenvalue weighted by Gasteiger charge is -2.28. The molecule has 0 radical (unpaired) electrons. The zero-order chi connectivity index (χ0) is 21.4. The highest BCUT2D eigenvalue weighted by atomic mass is 19.3. The van der Waals surface area contributed by atoms with Crippen molar-refractivity contribution >= 4 is 22.6 Å². The van der Waals surface area contributed by atoms with Crippen LogP contribution in [0.1, 0.15) is 25.7 Å². The molecule has 1 aliphatic carbocycles. The summed E-state index contributed by atoms with van der Waals surface area (Å²) in [6, 6.07) is 3.78. The van der Waals surface area contributed by atoms with Crippen molar-refractivity contribution in [2.45, 2.75) is 44.4 Å². The van der Waals surface area contributed by atoms with E-state index in [9.17, 15) is 8.78 Å². The molecule has 1 fully saturated rings. The molecule has 0 amide bonds. The third-order valence-corrected chi connectivity index (χ3v) is 5.53. The van der Waals surface area contributed by atoms with E-state index in [1.165, 1.54) is 0 Å². The van der Waals surface area contributed by atoms with Crippen LogP contribution in [0.5, 0.6) is 5.88 Å². The number of alkyl halides is 2. The van der Waals surface area contributed by atoms with Crippen LogP contribution < -0.4 is 10.1 Å². The zero-order valence-corrected chi connectivity index (χ0v) is 16.8. The number of methoxy groups -OCH3 is 1. The number of anilines is 1. The highest BCUT2D eigenvalue weighted by Crippen LogP contribution is 2.34. The lowest BCUT2D eigenvalue weighted by Crippen LogP contribution is -2.31. The molecule has 0 saturated heterocycles. The second-order valence-electron chi connectivity index (χ2n) is 7.44. The molecule has 4 aromatic rings. The van der Waals surface area contributed by atoms with Gasteiger partial charge in [-0.05, 0) is 31.7 Å². The summed E-state index contributed by atoms with van der Waals surface area (Å²) in [6.45, 7) is -2.73. The molecule has 4 heterocycles. The van der Waals surface area contributed by atoms with E-state index in [2.05, 4.69) is 35.1 Å². The van der Waals surface area contributed by atoms with Gasteiger partial charge >= 0.3 is 6.61 Å². The molecule has 11 heteroatoms. The maximum absolute atomic E-state index is 12.4. The molecule has 0 unspecified atom stereocenters. The van der Waals surface area contributed by atoms with Crippen molar-refractivity contribution in [2.24, 2.45) is 0 Å². The van der Waals surface area contributed by atoms with Gasteiger partial charge in [-0.1, -0.05) is 0 Å². The summed E-state index contributed by atoms with van der Waals surface area (Å²) in [5.41, 5.74) is 2.93. The predicted molar refractivity (Wildman–Crippen MR) is 109 cm³/mol. The highest BCUT2D eigenvalue weighted by Gasteiger charge is 2.25. The van der Waals surface area contributed by atoms with Crippen LogP contribution in [0, 0.1) is 0 Å². The SMILES string of the molecule is COc1nc(NC2CCC(OC(F)F)CC2)nc2[nH]cc(-c3ccn4nccc4n3)c12. The maximum atomic E-state index is 12.4. The van der Waals surface area contributed by atoms with Crippen molar-refractivity contribution < 1.29 is 18.3 Å². The molecule has 31 heavy (non-hydrogen) atoms. The monoisotopic (exact) mass is 429 g/mol. The lowest BCUT2D eigenvalue weighted by atomic mass is 9.93. The largest absolute Gasteiger partial charge is 0.480 e. The Hall–Kier alpha value is -3.34. The molecule has 2 N–H and O–H groups in total. The minimum Gasteiger partial charge on any atom is -0.480 e. The Bertz CT molecular complexity index is 1200. The van der Waals surface area contributed by atoms with E-state index in [0.717, 1.165) is 22.3 Å². The summed E-state index contributed by atoms with van der Waals surface area (Å²) in [5, 5.41) is 8.20. The van der Waals surface area contributed by atoms with Crippen LogP contribution in [0.3, 0.4) is 0 Å². The van der Waals surface area contributed by atoms with Crippen LogP contribution >= 0.6 is 0 Å². The zero-order valence-electron chi connectivity index (χ0n) is 16.8. The summed E-state index contributed by atoms with van der Waals surface area (Å²) in [7, 11) is 1.56. The minimum absolute atomic E-state index is 0.0834. The van der Waals surface area contributed by atoms with E-state index in [-0.39, 0.29) is 6.04 Å². The molecule has 0 bridgehead atoms. The Kier molecular flexibility index (Phi) is 5.10. The molecule has 0 spiro atoms. The molecular weight excluding hydrogens is 408 g/mol. The number of hydrogen-bond acceptors (Lipinski definition) is 7. The molecule has 0 aromatic carbocycles. The first-order chi connectivity index (χ1) is 15.1. The minimum atomic E-state index is -2.73. The number of halogens is 2. The number of aromatic nitrogens is 6. The van der Waals surface area contributed by atoms with E-state index < -0.39 is 12.7 Å². The number of nitrogens with one attached hydrogen (secondary N) is 2. The molecule has 5 rings (SSSR count). The number of ether oxygens (including phenoxy) is 2. The van der Waals surface area contributed by atoms with E-state index >= 15 is 0 Å². The number of hydrogen-bond donors (Lipinski definition) is 2. The molecule has 162 valence electrons. The Morgan fingerprint density at radius 2 is 2.00 bits per heavy atom. The van der Waals surface area contributed by atoms with E-state index in [0.29, 0.717) is 43.2 Å². The Morgan fingerprint density at radius 1 is 1.16 bits per heavy atom. The topological polar surface area (TPSA) is 102 Å². The van der Waals surface area contributed by atoms with Crippen molar-refractivity contribution in [3.05, 3.63) is 30.7 Å². The fraction of sp³-hybridized carbons (Fsp3) is 0.400. The fourth-order valence-electron chi connectivity index (χ4n) is 4.05. The summed E-state index contributed by atoms with van der Waals surface area (Å²) in [6.07, 6.45) is 7.49. The Morgan fingerprint density at radius 3 is 2.77 bits per heavy atom. The van der Waals surface area contributed by atoms with Crippen LogP contribution in [0.25, 0.3) is 27.9 Å². The van der Waals surface area contributed by atoms with Crippen LogP contribution in [0.15, 0.2) is 30.7 Å². The van der Waals surface area contributed by atoms with Gasteiger partial charge in [-0.3, -0.25) is 0 Å². The summed E-state index contributed by atoms with van der Waals surface area (Å²) >= 11 is 0. The van der Waals surface area contributed by atoms with Gasteiger partial charge in [0, 0.05) is 30.1 Å². The van der Waals surface area contributed by atoms with E-state index in [4.69, 9.17) is 4.74 Å². The highest BCUT2D eigenvalue weighted by molar-refractivity contribution is 5.97. The average molecular weight is 429 g/mol. The third kappa shape index (κ3) is 3.88. The van der Waals surface area contributed by atoms with Crippen LogP contribution in [-0.4, -0.2) is 55.4 Å². The van der Waals surface area contributed by atoms with Gasteiger partial charge in [0.15, 0.2) is 5.65 Å². The van der Waals surface area contributed by atoms with Gasteiger partial charge in [0.05, 0.1) is 30.5 Å². The van der Waals surface area contributed by atoms with Gasteiger partial charge in [-0.25, -0.2) is 9.50 Å². The quantitative estimate of drug-likeness (QED) is 0.482. The molecular formula is C20H21F2N7O2. The molecule has 4 aromatic heterocycles. The van der Waals surface area contributed by atoms with Gasteiger partial charge in [0.25, 0.3) is 0 Å². The normalized spacial score (nSPS) is 19.4. The standard InChI is InChI=1S/C20H21F2N7O2/c1-30-18-16-13(14-7-9-29-15(26-14)6-8-24-29)10-23-17(16)27-20(28-18)25-11-2-4-12(5-3-11)31-19(21)22/h6-12,19H,2-5H2,1H3,(H2,23,25,27,28). The Labute approximate surface area is 175 Å². The second kappa shape index (κ2) is 8.06. The van der Waals surface area contributed by atoms with Crippen molar-refractivity contribution in [3.8, 4) is 17.1 Å². The van der Waals surface area contributed by atoms with Crippen LogP contribution in [-0.2, 0) is 4.74 Å². The van der Waals surface area contributed by atoms with Crippen molar-refractivity contribution in [1.29, 1.82) is 0 Å². The first kappa shape index (κ1) is 19.6. The average Bonchev–Trinajstić information content (AvgIpc) is 3.40. The summed E-state index contributed by atoms with van der Waals surface area (Å²) in [4.78, 5) is 16.9. The van der Waals surface area contributed by atoms with Crippen molar-refractivity contribution in [3.63, 3.8) is 0 Å². The second-order valence-corrected chi connectivity index (χ2v) is 7.44. The number of H-pyrrole nitrogens is 1. The van der Waals surface area contributed by atoms with Crippen molar-refractivity contribution in [2.75, 3.05) is 12.4 Å². The van der Waals surface area contributed by atoms with E-state index in [1.807, 2.05) is 24.5 Å². The lowest BCUT2D eigenvalue weighted by molar-refractivity contribution is -0.169. The van der Waals surface area contributed by atoms with Gasteiger partial charge in [0.2, 0.25) is 11.8 Å². The molecule has 1 saturated carbocycles. The molecule has 1 aliphatic rings. The summed E-state index contributed by atoms with van der Waals surface area (Å²) in [5.74, 6) is 0.851. The molecule has 0 atom stereocenters. The van der Waals surface area contributed by atoms with Gasteiger partial charge in [-0.15, -0.1) is 0 Å². The van der Waals surface area contributed by atoms with Gasteiger partial charge in [-0.2, -0.15) is 23.8 Å². The first-order valence-electron chi connectivity index (χ1n) is 10.0. The number of nitrogens with zero attached hydrogens (tertiary/aromatic N) is 5. The fourth-order valence-corrected chi connectivity index (χ4v) is 4.05. The molecule has 9 nitrogen and oxygen atoms in total.